The molecule has 19 heavy (non-hydrogen) atoms. The Hall–Kier alpha value is -2.10. The number of nitrogens with zero attached hydrogens (tertiary/aromatic N) is 2. The minimum atomic E-state index is 0.0190. The van der Waals surface area contributed by atoms with Crippen LogP contribution in [0, 0.1) is 20.8 Å². The maximum atomic E-state index is 11.9. The Kier molecular flexibility index (Phi) is 4.00. The Labute approximate surface area is 113 Å². The highest BCUT2D eigenvalue weighted by Crippen LogP contribution is 2.19. The van der Waals surface area contributed by atoms with E-state index in [0.717, 1.165) is 22.4 Å². The first-order valence-corrected chi connectivity index (χ1v) is 6.41. The van der Waals surface area contributed by atoms with E-state index < -0.39 is 0 Å². The number of rotatable bonds is 4. The van der Waals surface area contributed by atoms with Gasteiger partial charge in [0, 0.05) is 24.8 Å². The third-order valence-electron chi connectivity index (χ3n) is 3.08. The van der Waals surface area contributed by atoms with E-state index in [1.54, 1.807) is 10.9 Å². The maximum Gasteiger partial charge on any atom is 0.226 e. The zero-order valence-corrected chi connectivity index (χ0v) is 11.6. The van der Waals surface area contributed by atoms with Gasteiger partial charge in [-0.25, -0.2) is 0 Å². The van der Waals surface area contributed by atoms with Gasteiger partial charge in [0.2, 0.25) is 5.91 Å². The fourth-order valence-electron chi connectivity index (χ4n) is 2.02. The van der Waals surface area contributed by atoms with Crippen molar-refractivity contribution in [2.24, 2.45) is 0 Å². The van der Waals surface area contributed by atoms with Gasteiger partial charge in [-0.05, 0) is 37.5 Å². The molecule has 0 atom stereocenters. The van der Waals surface area contributed by atoms with Gasteiger partial charge in [-0.15, -0.1) is 0 Å². The van der Waals surface area contributed by atoms with Crippen LogP contribution >= 0.6 is 0 Å². The van der Waals surface area contributed by atoms with E-state index in [1.807, 2.05) is 45.2 Å². The van der Waals surface area contributed by atoms with Gasteiger partial charge in [0.25, 0.3) is 0 Å². The number of nitrogens with one attached hydrogen (secondary N) is 1. The molecule has 1 aromatic carbocycles. The van der Waals surface area contributed by atoms with Gasteiger partial charge in [-0.1, -0.05) is 18.2 Å². The molecular weight excluding hydrogens is 238 g/mol. The lowest BCUT2D eigenvalue weighted by Crippen LogP contribution is -2.16. The van der Waals surface area contributed by atoms with Crippen LogP contribution in [0.1, 0.15) is 23.1 Å². The van der Waals surface area contributed by atoms with E-state index in [4.69, 9.17) is 0 Å². The Morgan fingerprint density at radius 1 is 1.26 bits per heavy atom. The third kappa shape index (κ3) is 3.44. The second-order valence-electron chi connectivity index (χ2n) is 4.85. The first-order valence-electron chi connectivity index (χ1n) is 6.41. The zero-order valence-electron chi connectivity index (χ0n) is 11.6. The quantitative estimate of drug-likeness (QED) is 0.915. The molecule has 0 aliphatic heterocycles. The molecule has 1 heterocycles. The molecule has 1 N–H and O–H groups in total. The number of anilines is 1. The minimum absolute atomic E-state index is 0.0190. The van der Waals surface area contributed by atoms with Crippen LogP contribution in [0.3, 0.4) is 0 Å². The van der Waals surface area contributed by atoms with Crippen LogP contribution in [0.4, 0.5) is 5.69 Å². The summed E-state index contributed by atoms with van der Waals surface area (Å²) in [5.41, 5.74) is 4.20. The largest absolute Gasteiger partial charge is 0.326 e. The van der Waals surface area contributed by atoms with Crippen molar-refractivity contribution in [1.29, 1.82) is 0 Å². The van der Waals surface area contributed by atoms with Crippen molar-refractivity contribution in [2.45, 2.75) is 33.7 Å². The lowest BCUT2D eigenvalue weighted by molar-refractivity contribution is -0.116. The number of carbonyl (C=O) groups is 1. The average Bonchev–Trinajstić information content (AvgIpc) is 2.77. The van der Waals surface area contributed by atoms with Gasteiger partial charge >= 0.3 is 0 Å². The van der Waals surface area contributed by atoms with Gasteiger partial charge in [0.15, 0.2) is 0 Å². The second kappa shape index (κ2) is 5.69. The summed E-state index contributed by atoms with van der Waals surface area (Å²) in [6, 6.07) is 5.99. The molecule has 2 rings (SSSR count). The Morgan fingerprint density at radius 3 is 2.53 bits per heavy atom. The highest BCUT2D eigenvalue weighted by atomic mass is 16.1. The Balaban J connectivity index is 1.94. The normalized spacial score (nSPS) is 10.5. The highest BCUT2D eigenvalue weighted by Gasteiger charge is 2.07. The molecule has 0 aliphatic carbocycles. The smallest absolute Gasteiger partial charge is 0.226 e. The fraction of sp³-hybridized carbons (Fsp3) is 0.333. The summed E-state index contributed by atoms with van der Waals surface area (Å²) in [7, 11) is 0. The van der Waals surface area contributed by atoms with Crippen molar-refractivity contribution in [1.82, 2.24) is 9.78 Å². The molecule has 1 aromatic heterocycles. The van der Waals surface area contributed by atoms with Gasteiger partial charge in [-0.2, -0.15) is 5.10 Å². The summed E-state index contributed by atoms with van der Waals surface area (Å²) in [6.07, 6.45) is 4.16. The standard InChI is InChI=1S/C15H19N3O/c1-11-9-16-18(10-11)8-7-14(19)17-15-12(2)5-4-6-13(15)3/h4-6,9-10H,7-8H2,1-3H3,(H,17,19). The summed E-state index contributed by atoms with van der Waals surface area (Å²) in [5, 5.41) is 7.14. The number of amides is 1. The number of hydrogen-bond acceptors (Lipinski definition) is 2. The molecule has 2 aromatic rings. The van der Waals surface area contributed by atoms with Crippen molar-refractivity contribution >= 4 is 11.6 Å². The van der Waals surface area contributed by atoms with Crippen molar-refractivity contribution < 1.29 is 4.79 Å². The van der Waals surface area contributed by atoms with Crippen molar-refractivity contribution in [2.75, 3.05) is 5.32 Å². The molecule has 0 spiro atoms. The predicted octanol–water partition coefficient (Wildman–Crippen LogP) is 2.84. The Bertz CT molecular complexity index is 567. The molecule has 0 radical (unpaired) electrons. The number of carbonyl (C=O) groups excluding carboxylic acids is 1. The fourth-order valence-corrected chi connectivity index (χ4v) is 2.02. The number of aromatic nitrogens is 2. The molecule has 1 amide bonds. The van der Waals surface area contributed by atoms with Crippen LogP contribution in [-0.2, 0) is 11.3 Å². The van der Waals surface area contributed by atoms with Crippen molar-refractivity contribution in [3.8, 4) is 0 Å². The molecule has 0 aliphatic rings. The van der Waals surface area contributed by atoms with Crippen LogP contribution < -0.4 is 5.32 Å². The monoisotopic (exact) mass is 257 g/mol. The van der Waals surface area contributed by atoms with Crippen molar-refractivity contribution in [3.05, 3.63) is 47.3 Å². The molecule has 4 nitrogen and oxygen atoms in total. The molecule has 0 unspecified atom stereocenters. The van der Waals surface area contributed by atoms with E-state index in [0.29, 0.717) is 13.0 Å². The molecule has 0 saturated heterocycles. The first kappa shape index (κ1) is 13.3. The summed E-state index contributed by atoms with van der Waals surface area (Å²) < 4.78 is 1.79. The van der Waals surface area contributed by atoms with Crippen LogP contribution in [0.15, 0.2) is 30.6 Å². The SMILES string of the molecule is Cc1cnn(CCC(=O)Nc2c(C)cccc2C)c1. The van der Waals surface area contributed by atoms with Gasteiger partial charge in [0.05, 0.1) is 6.20 Å². The zero-order chi connectivity index (χ0) is 13.8. The summed E-state index contributed by atoms with van der Waals surface area (Å²) in [6.45, 7) is 6.59. The van der Waals surface area contributed by atoms with E-state index >= 15 is 0 Å². The molecule has 0 bridgehead atoms. The first-order chi connectivity index (χ1) is 9.06. The van der Waals surface area contributed by atoms with Gasteiger partial charge in [0.1, 0.15) is 0 Å². The van der Waals surface area contributed by atoms with Crippen molar-refractivity contribution in [3.63, 3.8) is 0 Å². The maximum absolute atomic E-state index is 11.9. The molecule has 100 valence electrons. The molecule has 0 saturated carbocycles. The molecule has 4 heteroatoms. The lowest BCUT2D eigenvalue weighted by atomic mass is 10.1. The number of hydrogen-bond donors (Lipinski definition) is 1. The van der Waals surface area contributed by atoms with E-state index in [2.05, 4.69) is 10.4 Å². The summed E-state index contributed by atoms with van der Waals surface area (Å²) in [4.78, 5) is 11.9. The van der Waals surface area contributed by atoms with E-state index in [-0.39, 0.29) is 5.91 Å². The van der Waals surface area contributed by atoms with Gasteiger partial charge < -0.3 is 5.32 Å². The number of para-hydroxylation sites is 1. The minimum Gasteiger partial charge on any atom is -0.326 e. The van der Waals surface area contributed by atoms with Gasteiger partial charge in [-0.3, -0.25) is 9.48 Å². The predicted molar refractivity (Wildman–Crippen MR) is 76.1 cm³/mol. The van der Waals surface area contributed by atoms with E-state index in [9.17, 15) is 4.79 Å². The number of aryl methyl sites for hydroxylation is 4. The molecular formula is C15H19N3O. The van der Waals surface area contributed by atoms with Crippen LogP contribution in [-0.4, -0.2) is 15.7 Å². The van der Waals surface area contributed by atoms with Crippen LogP contribution in [0.5, 0.6) is 0 Å². The van der Waals surface area contributed by atoms with Crippen LogP contribution in [0.2, 0.25) is 0 Å². The highest BCUT2D eigenvalue weighted by molar-refractivity contribution is 5.92. The second-order valence-corrected chi connectivity index (χ2v) is 4.85. The number of benzene rings is 1. The third-order valence-corrected chi connectivity index (χ3v) is 3.08. The van der Waals surface area contributed by atoms with E-state index in [1.165, 1.54) is 0 Å². The molecule has 0 fully saturated rings. The van der Waals surface area contributed by atoms with Crippen LogP contribution in [0.25, 0.3) is 0 Å². The summed E-state index contributed by atoms with van der Waals surface area (Å²) in [5.74, 6) is 0.0190. The average molecular weight is 257 g/mol. The topological polar surface area (TPSA) is 46.9 Å². The lowest BCUT2D eigenvalue weighted by Gasteiger charge is -2.11. The summed E-state index contributed by atoms with van der Waals surface area (Å²) >= 11 is 0. The Morgan fingerprint density at radius 2 is 1.95 bits per heavy atom.